The summed E-state index contributed by atoms with van der Waals surface area (Å²) in [5, 5.41) is 3.08. The summed E-state index contributed by atoms with van der Waals surface area (Å²) in [6, 6.07) is 0.538. The van der Waals surface area contributed by atoms with E-state index in [1.54, 1.807) is 0 Å². The van der Waals surface area contributed by atoms with Crippen molar-refractivity contribution in [1.29, 1.82) is 0 Å². The number of nitrogens with zero attached hydrogens (tertiary/aromatic N) is 1. The van der Waals surface area contributed by atoms with Gasteiger partial charge < -0.3 is 20.7 Å². The molecule has 0 unspecified atom stereocenters. The molecular formula is C13H25N3O2. The van der Waals surface area contributed by atoms with Gasteiger partial charge in [-0.15, -0.1) is 0 Å². The molecule has 1 saturated heterocycles. The molecule has 5 nitrogen and oxygen atoms in total. The molecule has 3 N–H and O–H groups in total. The van der Waals surface area contributed by atoms with Crippen LogP contribution in [0.4, 0.5) is 4.79 Å². The standard InChI is InChI=1S/C13H25N3O2/c14-7-2-10-18-12-5-8-16(9-6-12)13(17)15-11-3-1-4-11/h11-12H,1-10,14H2,(H,15,17). The zero-order valence-electron chi connectivity index (χ0n) is 11.1. The molecule has 1 aliphatic heterocycles. The third kappa shape index (κ3) is 3.85. The summed E-state index contributed by atoms with van der Waals surface area (Å²) in [7, 11) is 0. The number of nitrogens with one attached hydrogen (secondary N) is 1. The first-order chi connectivity index (χ1) is 8.79. The number of carbonyl (C=O) groups is 1. The Kier molecular flexibility index (Phi) is 5.26. The van der Waals surface area contributed by atoms with Crippen LogP contribution in [0.25, 0.3) is 0 Å². The van der Waals surface area contributed by atoms with Gasteiger partial charge in [0.2, 0.25) is 0 Å². The fourth-order valence-electron chi connectivity index (χ4n) is 2.38. The second-order valence-electron chi connectivity index (χ2n) is 5.28. The summed E-state index contributed by atoms with van der Waals surface area (Å²) in [5.41, 5.74) is 5.43. The zero-order chi connectivity index (χ0) is 12.8. The number of carbonyl (C=O) groups excluding carboxylic acids is 1. The molecule has 104 valence electrons. The minimum atomic E-state index is 0.111. The van der Waals surface area contributed by atoms with Crippen LogP contribution in [-0.4, -0.2) is 49.3 Å². The summed E-state index contributed by atoms with van der Waals surface area (Å²) in [6.45, 7) is 3.05. The summed E-state index contributed by atoms with van der Waals surface area (Å²) >= 11 is 0. The van der Waals surface area contributed by atoms with Gasteiger partial charge in [0.15, 0.2) is 0 Å². The number of rotatable bonds is 5. The van der Waals surface area contributed by atoms with E-state index in [2.05, 4.69) is 5.32 Å². The van der Waals surface area contributed by atoms with Gasteiger partial charge in [-0.3, -0.25) is 0 Å². The van der Waals surface area contributed by atoms with Crippen molar-refractivity contribution in [2.75, 3.05) is 26.2 Å². The molecule has 1 saturated carbocycles. The molecule has 2 rings (SSSR count). The summed E-state index contributed by atoms with van der Waals surface area (Å²) in [4.78, 5) is 13.8. The van der Waals surface area contributed by atoms with Crippen molar-refractivity contribution in [2.24, 2.45) is 5.73 Å². The Labute approximate surface area is 109 Å². The first-order valence-electron chi connectivity index (χ1n) is 7.16. The van der Waals surface area contributed by atoms with Crippen LogP contribution in [-0.2, 0) is 4.74 Å². The quantitative estimate of drug-likeness (QED) is 0.722. The lowest BCUT2D eigenvalue weighted by molar-refractivity contribution is 0.0141. The molecule has 18 heavy (non-hydrogen) atoms. The molecule has 0 atom stereocenters. The van der Waals surface area contributed by atoms with Gasteiger partial charge in [-0.1, -0.05) is 0 Å². The first-order valence-corrected chi connectivity index (χ1v) is 7.16. The highest BCUT2D eigenvalue weighted by Gasteiger charge is 2.26. The SMILES string of the molecule is NCCCOC1CCN(C(=O)NC2CCC2)CC1. The number of nitrogens with two attached hydrogens (primary N) is 1. The third-order valence-electron chi connectivity index (χ3n) is 3.86. The van der Waals surface area contributed by atoms with E-state index in [1.807, 2.05) is 4.90 Å². The fourth-order valence-corrected chi connectivity index (χ4v) is 2.38. The highest BCUT2D eigenvalue weighted by molar-refractivity contribution is 5.74. The van der Waals surface area contributed by atoms with Crippen molar-refractivity contribution in [1.82, 2.24) is 10.2 Å². The number of hydrogen-bond acceptors (Lipinski definition) is 3. The van der Waals surface area contributed by atoms with Gasteiger partial charge in [-0.05, 0) is 45.1 Å². The second kappa shape index (κ2) is 6.95. The predicted octanol–water partition coefficient (Wildman–Crippen LogP) is 1.08. The Balaban J connectivity index is 1.61. The molecule has 0 aromatic carbocycles. The number of likely N-dealkylation sites (tertiary alicyclic amines) is 1. The van der Waals surface area contributed by atoms with Gasteiger partial charge in [-0.2, -0.15) is 0 Å². The maximum Gasteiger partial charge on any atom is 0.317 e. The lowest BCUT2D eigenvalue weighted by Crippen LogP contribution is -2.50. The monoisotopic (exact) mass is 255 g/mol. The van der Waals surface area contributed by atoms with E-state index in [4.69, 9.17) is 10.5 Å². The number of piperidine rings is 1. The van der Waals surface area contributed by atoms with Crippen LogP contribution in [0.2, 0.25) is 0 Å². The number of hydrogen-bond donors (Lipinski definition) is 2. The smallest absolute Gasteiger partial charge is 0.317 e. The van der Waals surface area contributed by atoms with Crippen molar-refractivity contribution in [3.8, 4) is 0 Å². The highest BCUT2D eigenvalue weighted by Crippen LogP contribution is 2.19. The van der Waals surface area contributed by atoms with Gasteiger partial charge in [0.25, 0.3) is 0 Å². The number of ether oxygens (including phenoxy) is 1. The Bertz CT molecular complexity index is 261. The molecule has 5 heteroatoms. The summed E-state index contributed by atoms with van der Waals surface area (Å²) in [5.74, 6) is 0. The van der Waals surface area contributed by atoms with Crippen molar-refractivity contribution >= 4 is 6.03 Å². The van der Waals surface area contributed by atoms with Crippen molar-refractivity contribution in [2.45, 2.75) is 50.7 Å². The minimum absolute atomic E-state index is 0.111. The Morgan fingerprint density at radius 3 is 2.56 bits per heavy atom. The first kappa shape index (κ1) is 13.6. The summed E-state index contributed by atoms with van der Waals surface area (Å²) in [6.07, 6.45) is 6.66. The molecule has 2 amide bonds. The molecule has 0 bridgehead atoms. The van der Waals surface area contributed by atoms with Crippen molar-refractivity contribution in [3.63, 3.8) is 0 Å². The molecule has 0 aromatic rings. The molecule has 2 aliphatic rings. The number of urea groups is 1. The van der Waals surface area contributed by atoms with Gasteiger partial charge >= 0.3 is 6.03 Å². The molecule has 0 spiro atoms. The van der Waals surface area contributed by atoms with E-state index < -0.39 is 0 Å². The molecule has 1 aliphatic carbocycles. The average molecular weight is 255 g/mol. The Hall–Kier alpha value is -0.810. The maximum atomic E-state index is 11.9. The molecule has 2 fully saturated rings. The van der Waals surface area contributed by atoms with Gasteiger partial charge in [-0.25, -0.2) is 4.79 Å². The van der Waals surface area contributed by atoms with E-state index in [1.165, 1.54) is 6.42 Å². The normalized spacial score (nSPS) is 21.7. The van der Waals surface area contributed by atoms with Gasteiger partial charge in [0.1, 0.15) is 0 Å². The van der Waals surface area contributed by atoms with Crippen LogP contribution >= 0.6 is 0 Å². The average Bonchev–Trinajstić information content (AvgIpc) is 2.35. The van der Waals surface area contributed by atoms with Crippen LogP contribution in [0.1, 0.15) is 38.5 Å². The second-order valence-corrected chi connectivity index (χ2v) is 5.28. The molecule has 1 heterocycles. The lowest BCUT2D eigenvalue weighted by atomic mass is 9.93. The van der Waals surface area contributed by atoms with Crippen LogP contribution in [0, 0.1) is 0 Å². The molecule has 0 radical (unpaired) electrons. The maximum absolute atomic E-state index is 11.9. The zero-order valence-corrected chi connectivity index (χ0v) is 11.1. The predicted molar refractivity (Wildman–Crippen MR) is 70.4 cm³/mol. The molecular weight excluding hydrogens is 230 g/mol. The van der Waals surface area contributed by atoms with Gasteiger partial charge in [0.05, 0.1) is 6.10 Å². The minimum Gasteiger partial charge on any atom is -0.378 e. The van der Waals surface area contributed by atoms with Crippen LogP contribution < -0.4 is 11.1 Å². The molecule has 0 aromatic heterocycles. The van der Waals surface area contributed by atoms with E-state index >= 15 is 0 Å². The largest absolute Gasteiger partial charge is 0.378 e. The topological polar surface area (TPSA) is 67.6 Å². The van der Waals surface area contributed by atoms with Crippen LogP contribution in [0.5, 0.6) is 0 Å². The Morgan fingerprint density at radius 1 is 1.28 bits per heavy atom. The van der Waals surface area contributed by atoms with E-state index in [0.29, 0.717) is 18.7 Å². The van der Waals surface area contributed by atoms with Crippen molar-refractivity contribution in [3.05, 3.63) is 0 Å². The lowest BCUT2D eigenvalue weighted by Gasteiger charge is -2.35. The van der Waals surface area contributed by atoms with Crippen molar-refractivity contribution < 1.29 is 9.53 Å². The van der Waals surface area contributed by atoms with E-state index in [0.717, 1.165) is 51.8 Å². The van der Waals surface area contributed by atoms with Crippen LogP contribution in [0.3, 0.4) is 0 Å². The van der Waals surface area contributed by atoms with E-state index in [-0.39, 0.29) is 6.03 Å². The summed E-state index contributed by atoms with van der Waals surface area (Å²) < 4.78 is 5.73. The third-order valence-corrected chi connectivity index (χ3v) is 3.86. The Morgan fingerprint density at radius 2 is 2.00 bits per heavy atom. The van der Waals surface area contributed by atoms with E-state index in [9.17, 15) is 4.79 Å². The van der Waals surface area contributed by atoms with Gasteiger partial charge in [0, 0.05) is 25.7 Å². The van der Waals surface area contributed by atoms with Crippen LogP contribution in [0.15, 0.2) is 0 Å². The fraction of sp³-hybridized carbons (Fsp3) is 0.923. The highest BCUT2D eigenvalue weighted by atomic mass is 16.5. The number of amides is 2.